The first-order valence-electron chi connectivity index (χ1n) is 4.60. The highest BCUT2D eigenvalue weighted by atomic mass is 16.3. The molecule has 1 heterocycles. The smallest absolute Gasteiger partial charge is 0.219 e. The number of aliphatic hydroxyl groups excluding tert-OH is 1. The van der Waals surface area contributed by atoms with E-state index in [1.54, 1.807) is 6.92 Å². The van der Waals surface area contributed by atoms with Gasteiger partial charge in [-0.25, -0.2) is 0 Å². The lowest BCUT2D eigenvalue weighted by molar-refractivity contribution is -0.134. The predicted octanol–water partition coefficient (Wildman–Crippen LogP) is 0.768. The number of nitrogens with zero attached hydrogens (tertiary/aromatic N) is 1. The molecule has 1 aliphatic rings. The summed E-state index contributed by atoms with van der Waals surface area (Å²) in [5, 5.41) is 9.37. The number of hydrogen-bond donors (Lipinski definition) is 1. The van der Waals surface area contributed by atoms with Crippen LogP contribution in [0.3, 0.4) is 0 Å². The van der Waals surface area contributed by atoms with Crippen LogP contribution in [0.15, 0.2) is 0 Å². The minimum atomic E-state index is -0.203. The van der Waals surface area contributed by atoms with E-state index in [1.165, 1.54) is 0 Å². The van der Waals surface area contributed by atoms with Crippen molar-refractivity contribution in [2.75, 3.05) is 6.54 Å². The van der Waals surface area contributed by atoms with Gasteiger partial charge in [-0.05, 0) is 19.3 Å². The summed E-state index contributed by atoms with van der Waals surface area (Å²) in [5.41, 5.74) is 0. The van der Waals surface area contributed by atoms with Gasteiger partial charge >= 0.3 is 0 Å². The molecule has 70 valence electrons. The third-order valence-electron chi connectivity index (χ3n) is 2.56. The van der Waals surface area contributed by atoms with Crippen molar-refractivity contribution in [3.8, 4) is 0 Å². The third kappa shape index (κ3) is 1.97. The van der Waals surface area contributed by atoms with Gasteiger partial charge in [-0.2, -0.15) is 0 Å². The molecular weight excluding hydrogens is 154 g/mol. The van der Waals surface area contributed by atoms with E-state index in [4.69, 9.17) is 0 Å². The van der Waals surface area contributed by atoms with E-state index in [0.717, 1.165) is 25.8 Å². The molecule has 0 bridgehead atoms. The van der Waals surface area contributed by atoms with Crippen LogP contribution >= 0.6 is 0 Å². The standard InChI is InChI=1S/C9H17NO2/c1-3-8-6-9(12)4-5-10(8)7(2)11/h8-9,12H,3-6H2,1-2H3/t8-,9+/m0/s1. The number of carbonyl (C=O) groups is 1. The van der Waals surface area contributed by atoms with E-state index in [2.05, 4.69) is 6.92 Å². The molecule has 0 aromatic carbocycles. The molecule has 0 saturated carbocycles. The van der Waals surface area contributed by atoms with Gasteiger partial charge in [0.25, 0.3) is 0 Å². The summed E-state index contributed by atoms with van der Waals surface area (Å²) in [6.07, 6.45) is 2.22. The van der Waals surface area contributed by atoms with E-state index in [9.17, 15) is 9.90 Å². The highest BCUT2D eigenvalue weighted by molar-refractivity contribution is 5.73. The van der Waals surface area contributed by atoms with Gasteiger partial charge < -0.3 is 10.0 Å². The van der Waals surface area contributed by atoms with Crippen molar-refractivity contribution in [2.45, 2.75) is 45.3 Å². The Morgan fingerprint density at radius 3 is 2.83 bits per heavy atom. The van der Waals surface area contributed by atoms with Gasteiger partial charge in [-0.1, -0.05) is 6.92 Å². The Morgan fingerprint density at radius 1 is 1.67 bits per heavy atom. The first-order chi connectivity index (χ1) is 5.65. The lowest BCUT2D eigenvalue weighted by atomic mass is 9.97. The predicted molar refractivity (Wildman–Crippen MR) is 46.7 cm³/mol. The minimum absolute atomic E-state index is 0.133. The lowest BCUT2D eigenvalue weighted by Crippen LogP contribution is -2.46. The van der Waals surface area contributed by atoms with Crippen molar-refractivity contribution in [1.29, 1.82) is 0 Å². The van der Waals surface area contributed by atoms with Crippen molar-refractivity contribution < 1.29 is 9.90 Å². The number of likely N-dealkylation sites (tertiary alicyclic amines) is 1. The molecule has 0 radical (unpaired) electrons. The van der Waals surface area contributed by atoms with Crippen LogP contribution in [0.5, 0.6) is 0 Å². The van der Waals surface area contributed by atoms with Gasteiger partial charge in [0.15, 0.2) is 0 Å². The van der Waals surface area contributed by atoms with Crippen LogP contribution in [0.4, 0.5) is 0 Å². The maximum absolute atomic E-state index is 11.1. The van der Waals surface area contributed by atoms with Gasteiger partial charge in [-0.3, -0.25) is 4.79 Å². The molecule has 1 fully saturated rings. The summed E-state index contributed by atoms with van der Waals surface area (Å²) < 4.78 is 0. The Balaban J connectivity index is 2.56. The number of carbonyl (C=O) groups excluding carboxylic acids is 1. The van der Waals surface area contributed by atoms with Crippen LogP contribution in [0, 0.1) is 0 Å². The molecule has 0 aliphatic carbocycles. The Kier molecular flexibility index (Phi) is 3.09. The largest absolute Gasteiger partial charge is 0.393 e. The number of hydrogen-bond acceptors (Lipinski definition) is 2. The van der Waals surface area contributed by atoms with E-state index in [-0.39, 0.29) is 18.1 Å². The van der Waals surface area contributed by atoms with Gasteiger partial charge in [-0.15, -0.1) is 0 Å². The van der Waals surface area contributed by atoms with Crippen molar-refractivity contribution in [1.82, 2.24) is 4.90 Å². The van der Waals surface area contributed by atoms with Crippen LogP contribution in [0.25, 0.3) is 0 Å². The molecule has 1 aliphatic heterocycles. The fourth-order valence-corrected chi connectivity index (χ4v) is 1.83. The highest BCUT2D eigenvalue weighted by Gasteiger charge is 2.27. The number of aliphatic hydroxyl groups is 1. The number of piperidine rings is 1. The normalized spacial score (nSPS) is 30.4. The van der Waals surface area contributed by atoms with Crippen molar-refractivity contribution >= 4 is 5.91 Å². The zero-order valence-electron chi connectivity index (χ0n) is 7.79. The summed E-state index contributed by atoms with van der Waals surface area (Å²) in [7, 11) is 0. The molecule has 0 aromatic heterocycles. The summed E-state index contributed by atoms with van der Waals surface area (Å²) in [6.45, 7) is 4.37. The summed E-state index contributed by atoms with van der Waals surface area (Å²) in [5.74, 6) is 0.133. The summed E-state index contributed by atoms with van der Waals surface area (Å²) >= 11 is 0. The maximum Gasteiger partial charge on any atom is 0.219 e. The Hall–Kier alpha value is -0.570. The quantitative estimate of drug-likeness (QED) is 0.633. The van der Waals surface area contributed by atoms with Crippen molar-refractivity contribution in [2.24, 2.45) is 0 Å². The van der Waals surface area contributed by atoms with Crippen LogP contribution < -0.4 is 0 Å². The van der Waals surface area contributed by atoms with Crippen LogP contribution in [0.2, 0.25) is 0 Å². The molecule has 3 nitrogen and oxygen atoms in total. The second-order valence-electron chi connectivity index (χ2n) is 3.45. The van der Waals surface area contributed by atoms with Crippen LogP contribution in [-0.2, 0) is 4.79 Å². The molecule has 1 N–H and O–H groups in total. The molecule has 3 heteroatoms. The van der Waals surface area contributed by atoms with E-state index in [1.807, 2.05) is 4.90 Å². The lowest BCUT2D eigenvalue weighted by Gasteiger charge is -2.36. The minimum Gasteiger partial charge on any atom is -0.393 e. The molecule has 0 unspecified atom stereocenters. The van der Waals surface area contributed by atoms with E-state index < -0.39 is 0 Å². The van der Waals surface area contributed by atoms with Gasteiger partial charge in [0, 0.05) is 19.5 Å². The van der Waals surface area contributed by atoms with Crippen molar-refractivity contribution in [3.63, 3.8) is 0 Å². The molecule has 2 atom stereocenters. The second-order valence-corrected chi connectivity index (χ2v) is 3.45. The van der Waals surface area contributed by atoms with Crippen molar-refractivity contribution in [3.05, 3.63) is 0 Å². The van der Waals surface area contributed by atoms with Crippen LogP contribution in [0.1, 0.15) is 33.1 Å². The van der Waals surface area contributed by atoms with Gasteiger partial charge in [0.05, 0.1) is 6.10 Å². The summed E-state index contributed by atoms with van der Waals surface area (Å²) in [6, 6.07) is 0.256. The molecular formula is C9H17NO2. The van der Waals surface area contributed by atoms with Gasteiger partial charge in [0.1, 0.15) is 0 Å². The monoisotopic (exact) mass is 171 g/mol. The second kappa shape index (κ2) is 3.90. The fourth-order valence-electron chi connectivity index (χ4n) is 1.83. The number of amides is 1. The Bertz CT molecular complexity index is 170. The molecule has 1 saturated heterocycles. The Labute approximate surface area is 73.4 Å². The molecule has 1 rings (SSSR count). The zero-order chi connectivity index (χ0) is 9.14. The zero-order valence-corrected chi connectivity index (χ0v) is 7.79. The van der Waals surface area contributed by atoms with Crippen LogP contribution in [-0.4, -0.2) is 34.6 Å². The third-order valence-corrected chi connectivity index (χ3v) is 2.56. The van der Waals surface area contributed by atoms with E-state index in [0.29, 0.717) is 0 Å². The average molecular weight is 171 g/mol. The summed E-state index contributed by atoms with van der Waals surface area (Å²) in [4.78, 5) is 13.0. The topological polar surface area (TPSA) is 40.5 Å². The highest BCUT2D eigenvalue weighted by Crippen LogP contribution is 2.19. The average Bonchev–Trinajstić information content (AvgIpc) is 2.03. The van der Waals surface area contributed by atoms with E-state index >= 15 is 0 Å². The first-order valence-corrected chi connectivity index (χ1v) is 4.60. The number of rotatable bonds is 1. The molecule has 0 spiro atoms. The first kappa shape index (κ1) is 9.52. The fraction of sp³-hybridized carbons (Fsp3) is 0.889. The maximum atomic E-state index is 11.1. The molecule has 1 amide bonds. The SMILES string of the molecule is CC[C@H]1C[C@H](O)CCN1C(C)=O. The molecule has 12 heavy (non-hydrogen) atoms. The van der Waals surface area contributed by atoms with Gasteiger partial charge in [0.2, 0.25) is 5.91 Å². The Morgan fingerprint density at radius 2 is 2.33 bits per heavy atom. The molecule has 0 aromatic rings.